The minimum absolute atomic E-state index is 0.0541. The summed E-state index contributed by atoms with van der Waals surface area (Å²) in [4.78, 5) is 13.1. The Morgan fingerprint density at radius 3 is 2.39 bits per heavy atom. The number of carbonyl (C=O) groups excluding carboxylic acids is 1. The third-order valence-corrected chi connectivity index (χ3v) is 5.83. The zero-order valence-corrected chi connectivity index (χ0v) is 14.8. The maximum Gasteiger partial charge on any atom is 0.171 e. The summed E-state index contributed by atoms with van der Waals surface area (Å²) in [5.41, 5.74) is 2.00. The summed E-state index contributed by atoms with van der Waals surface area (Å²) in [6, 6.07) is 11.9. The van der Waals surface area contributed by atoms with Crippen molar-refractivity contribution in [2.24, 2.45) is 5.41 Å². The van der Waals surface area contributed by atoms with Crippen LogP contribution >= 0.6 is 23.2 Å². The van der Waals surface area contributed by atoms with Crippen molar-refractivity contribution in [3.05, 3.63) is 63.1 Å². The van der Waals surface area contributed by atoms with E-state index in [4.69, 9.17) is 27.9 Å². The lowest BCUT2D eigenvalue weighted by atomic mass is 9.72. The number of ether oxygens (including phenoxy) is 1. The van der Waals surface area contributed by atoms with Gasteiger partial charge in [0, 0.05) is 16.9 Å². The van der Waals surface area contributed by atoms with Crippen molar-refractivity contribution in [1.82, 2.24) is 0 Å². The second-order valence-electron chi connectivity index (χ2n) is 6.11. The number of benzene rings is 2. The Morgan fingerprint density at radius 2 is 1.83 bits per heavy atom. The highest BCUT2D eigenvalue weighted by atomic mass is 35.5. The van der Waals surface area contributed by atoms with Crippen molar-refractivity contribution >= 4 is 29.0 Å². The molecule has 0 unspecified atom stereocenters. The molecule has 0 saturated carbocycles. The fourth-order valence-electron chi connectivity index (χ4n) is 3.55. The van der Waals surface area contributed by atoms with Crippen LogP contribution in [0.15, 0.2) is 36.4 Å². The monoisotopic (exact) mass is 348 g/mol. The fourth-order valence-corrected chi connectivity index (χ4v) is 4.06. The van der Waals surface area contributed by atoms with Gasteiger partial charge in [0.15, 0.2) is 5.78 Å². The van der Waals surface area contributed by atoms with Crippen LogP contribution < -0.4 is 4.74 Å². The normalized spacial score (nSPS) is 23.0. The van der Waals surface area contributed by atoms with Gasteiger partial charge in [-0.05, 0) is 23.6 Å². The SMILES string of the molecule is CC[C@]1(C)C(=O)c2c(cc(OC)c(Cl)c2Cl)[C@@H]1c1ccccc1. The minimum Gasteiger partial charge on any atom is -0.495 e. The highest BCUT2D eigenvalue weighted by Crippen LogP contribution is 2.56. The highest BCUT2D eigenvalue weighted by Gasteiger charge is 2.50. The van der Waals surface area contributed by atoms with E-state index in [0.717, 1.165) is 17.5 Å². The van der Waals surface area contributed by atoms with E-state index in [2.05, 4.69) is 12.1 Å². The van der Waals surface area contributed by atoms with Crippen molar-refractivity contribution in [2.45, 2.75) is 26.2 Å². The fraction of sp³-hybridized carbons (Fsp3) is 0.316. The zero-order chi connectivity index (χ0) is 16.8. The topological polar surface area (TPSA) is 26.3 Å². The average Bonchev–Trinajstić information content (AvgIpc) is 2.80. The van der Waals surface area contributed by atoms with Crippen LogP contribution in [0.3, 0.4) is 0 Å². The minimum atomic E-state index is -0.539. The molecule has 1 aliphatic carbocycles. The lowest BCUT2D eigenvalue weighted by molar-refractivity contribution is 0.0817. The molecule has 2 aromatic rings. The number of fused-ring (bicyclic) bond motifs is 1. The average molecular weight is 349 g/mol. The molecule has 0 radical (unpaired) electrons. The summed E-state index contributed by atoms with van der Waals surface area (Å²) in [5, 5.41) is 0.595. The van der Waals surface area contributed by atoms with E-state index in [0.29, 0.717) is 21.4 Å². The first-order valence-corrected chi connectivity index (χ1v) is 8.37. The van der Waals surface area contributed by atoms with Gasteiger partial charge in [0.05, 0.1) is 12.1 Å². The predicted molar refractivity (Wildman–Crippen MR) is 94.0 cm³/mol. The van der Waals surface area contributed by atoms with E-state index in [1.807, 2.05) is 38.1 Å². The quantitative estimate of drug-likeness (QED) is 0.706. The van der Waals surface area contributed by atoms with Crippen LogP contribution in [0.5, 0.6) is 5.75 Å². The number of ketones is 1. The van der Waals surface area contributed by atoms with Crippen molar-refractivity contribution in [3.63, 3.8) is 0 Å². The van der Waals surface area contributed by atoms with E-state index >= 15 is 0 Å². The molecule has 4 heteroatoms. The van der Waals surface area contributed by atoms with Crippen LogP contribution in [0, 0.1) is 5.41 Å². The molecule has 0 saturated heterocycles. The number of hydrogen-bond acceptors (Lipinski definition) is 2. The summed E-state index contributed by atoms with van der Waals surface area (Å²) >= 11 is 12.7. The summed E-state index contributed by atoms with van der Waals surface area (Å²) in [6.45, 7) is 4.04. The second kappa shape index (κ2) is 5.85. The lowest BCUT2D eigenvalue weighted by Crippen LogP contribution is -2.27. The molecule has 0 fully saturated rings. The van der Waals surface area contributed by atoms with Gasteiger partial charge in [-0.1, -0.05) is 67.4 Å². The summed E-state index contributed by atoms with van der Waals surface area (Å²) in [6.07, 6.45) is 0.719. The summed E-state index contributed by atoms with van der Waals surface area (Å²) in [5.74, 6) is 0.503. The molecule has 2 atom stereocenters. The Kier molecular flexibility index (Phi) is 4.16. The van der Waals surface area contributed by atoms with E-state index in [1.54, 1.807) is 7.11 Å². The largest absolute Gasteiger partial charge is 0.495 e. The summed E-state index contributed by atoms with van der Waals surface area (Å²) < 4.78 is 5.34. The van der Waals surface area contributed by atoms with Gasteiger partial charge in [0.2, 0.25) is 0 Å². The Balaban J connectivity index is 2.33. The highest BCUT2D eigenvalue weighted by molar-refractivity contribution is 6.45. The molecule has 0 bridgehead atoms. The van der Waals surface area contributed by atoms with Crippen LogP contribution in [-0.4, -0.2) is 12.9 Å². The molecule has 3 rings (SSSR count). The molecule has 0 spiro atoms. The van der Waals surface area contributed by atoms with Crippen LogP contribution in [0.2, 0.25) is 10.0 Å². The Hall–Kier alpha value is -1.51. The first-order chi connectivity index (χ1) is 11.0. The van der Waals surface area contributed by atoms with Gasteiger partial charge in [0.25, 0.3) is 0 Å². The Morgan fingerprint density at radius 1 is 1.17 bits per heavy atom. The molecule has 0 aliphatic heterocycles. The smallest absolute Gasteiger partial charge is 0.171 e. The maximum atomic E-state index is 13.1. The molecule has 2 nitrogen and oxygen atoms in total. The lowest BCUT2D eigenvalue weighted by Gasteiger charge is -2.29. The molecule has 2 aromatic carbocycles. The van der Waals surface area contributed by atoms with Gasteiger partial charge in [-0.15, -0.1) is 0 Å². The molecule has 0 N–H and O–H groups in total. The maximum absolute atomic E-state index is 13.1. The first-order valence-electron chi connectivity index (χ1n) is 7.61. The van der Waals surface area contributed by atoms with Gasteiger partial charge in [-0.25, -0.2) is 0 Å². The van der Waals surface area contributed by atoms with Crippen molar-refractivity contribution in [2.75, 3.05) is 7.11 Å². The van der Waals surface area contributed by atoms with E-state index in [1.165, 1.54) is 0 Å². The molecule has 120 valence electrons. The van der Waals surface area contributed by atoms with Crippen LogP contribution in [0.25, 0.3) is 0 Å². The van der Waals surface area contributed by atoms with Crippen LogP contribution in [-0.2, 0) is 0 Å². The molecule has 0 aromatic heterocycles. The van der Waals surface area contributed by atoms with Crippen molar-refractivity contribution < 1.29 is 9.53 Å². The molecule has 0 amide bonds. The molecule has 1 aliphatic rings. The number of rotatable bonds is 3. The Labute approximate surface area is 146 Å². The first kappa shape index (κ1) is 16.4. The second-order valence-corrected chi connectivity index (χ2v) is 6.87. The number of carbonyl (C=O) groups is 1. The van der Waals surface area contributed by atoms with Gasteiger partial charge in [-0.3, -0.25) is 4.79 Å². The van der Waals surface area contributed by atoms with Crippen molar-refractivity contribution in [3.8, 4) is 5.75 Å². The molecular weight excluding hydrogens is 331 g/mol. The van der Waals surface area contributed by atoms with Crippen LogP contribution in [0.4, 0.5) is 0 Å². The van der Waals surface area contributed by atoms with E-state index in [9.17, 15) is 4.79 Å². The third kappa shape index (κ3) is 2.28. The molecular formula is C19H18Cl2O2. The molecule has 0 heterocycles. The van der Waals surface area contributed by atoms with E-state index < -0.39 is 5.41 Å². The van der Waals surface area contributed by atoms with Gasteiger partial charge < -0.3 is 4.74 Å². The van der Waals surface area contributed by atoms with Crippen molar-refractivity contribution in [1.29, 1.82) is 0 Å². The number of hydrogen-bond donors (Lipinski definition) is 0. The zero-order valence-electron chi connectivity index (χ0n) is 13.3. The van der Waals surface area contributed by atoms with Gasteiger partial charge in [-0.2, -0.15) is 0 Å². The Bertz CT molecular complexity index is 771. The molecule has 23 heavy (non-hydrogen) atoms. The van der Waals surface area contributed by atoms with E-state index in [-0.39, 0.29) is 11.7 Å². The van der Waals surface area contributed by atoms with Gasteiger partial charge in [0.1, 0.15) is 10.8 Å². The predicted octanol–water partition coefficient (Wildman–Crippen LogP) is 5.75. The number of methoxy groups -OCH3 is 1. The number of halogens is 2. The summed E-state index contributed by atoms with van der Waals surface area (Å²) in [7, 11) is 1.55. The van der Waals surface area contributed by atoms with Gasteiger partial charge >= 0.3 is 0 Å². The van der Waals surface area contributed by atoms with Crippen LogP contribution in [0.1, 0.15) is 47.7 Å². The third-order valence-electron chi connectivity index (χ3n) is 4.98. The standard InChI is InChI=1S/C19H18Cl2O2/c1-4-19(2)15(11-8-6-5-7-9-11)12-10-13(23-3)16(20)17(21)14(12)18(19)22/h5-10,15H,4H2,1-3H3/t15-,19-/m0/s1. The number of Topliss-reactive ketones (excluding diaryl/α,β-unsaturated/α-hetero) is 1.